The molecular weight excluding hydrogens is 260 g/mol. The van der Waals surface area contributed by atoms with Gasteiger partial charge in [-0.2, -0.15) is 0 Å². The summed E-state index contributed by atoms with van der Waals surface area (Å²) >= 11 is 0. The number of nitrogens with one attached hydrogen (secondary N) is 1. The highest BCUT2D eigenvalue weighted by Gasteiger charge is 2.10. The van der Waals surface area contributed by atoms with Gasteiger partial charge in [-0.05, 0) is 25.1 Å². The molecule has 6 heteroatoms. The Kier molecular flexibility index (Phi) is 7.27. The molecule has 0 amide bonds. The quantitative estimate of drug-likeness (QED) is 0.325. The monoisotopic (exact) mass is 280 g/mol. The van der Waals surface area contributed by atoms with E-state index >= 15 is 0 Å². The molecule has 0 saturated carbocycles. The Labute approximate surface area is 118 Å². The summed E-state index contributed by atoms with van der Waals surface area (Å²) in [5.74, 6) is -0.463. The number of nitro groups is 1. The first-order valence-electron chi connectivity index (χ1n) is 6.77. The van der Waals surface area contributed by atoms with Gasteiger partial charge in [-0.25, -0.2) is 4.79 Å². The molecular formula is C14H20N2O4. The molecule has 0 aliphatic carbocycles. The lowest BCUT2D eigenvalue weighted by molar-refractivity contribution is -0.384. The fourth-order valence-electron chi connectivity index (χ4n) is 1.64. The molecule has 1 aromatic carbocycles. The summed E-state index contributed by atoms with van der Waals surface area (Å²) in [4.78, 5) is 21.6. The van der Waals surface area contributed by atoms with E-state index in [1.54, 1.807) is 0 Å². The van der Waals surface area contributed by atoms with Gasteiger partial charge in [-0.1, -0.05) is 19.8 Å². The zero-order valence-corrected chi connectivity index (χ0v) is 11.6. The largest absolute Gasteiger partial charge is 0.461 e. The summed E-state index contributed by atoms with van der Waals surface area (Å²) in [5.41, 5.74) is 0.278. The molecule has 0 bridgehead atoms. The minimum Gasteiger partial charge on any atom is -0.461 e. The highest BCUT2D eigenvalue weighted by molar-refractivity contribution is 5.89. The summed E-state index contributed by atoms with van der Waals surface area (Å²) < 4.78 is 5.06. The molecule has 0 saturated heterocycles. The van der Waals surface area contributed by atoms with Crippen molar-refractivity contribution in [3.8, 4) is 0 Å². The lowest BCUT2D eigenvalue weighted by atomic mass is 10.2. The van der Waals surface area contributed by atoms with Gasteiger partial charge >= 0.3 is 5.97 Å². The standard InChI is InChI=1S/C14H20N2O4/c1-2-3-4-9-15-10-11-20-14(17)12-5-7-13(8-6-12)16(18)19/h5-8,15H,2-4,9-11H2,1H3. The van der Waals surface area contributed by atoms with Crippen LogP contribution in [0.1, 0.15) is 36.5 Å². The molecule has 20 heavy (non-hydrogen) atoms. The van der Waals surface area contributed by atoms with Crippen LogP contribution in [0.2, 0.25) is 0 Å². The Morgan fingerprint density at radius 3 is 2.55 bits per heavy atom. The third kappa shape index (κ3) is 5.79. The summed E-state index contributed by atoms with van der Waals surface area (Å²) in [6, 6.07) is 5.38. The normalized spacial score (nSPS) is 10.2. The Morgan fingerprint density at radius 1 is 1.25 bits per heavy atom. The van der Waals surface area contributed by atoms with Crippen molar-refractivity contribution >= 4 is 11.7 Å². The number of carbonyl (C=O) groups excluding carboxylic acids is 1. The van der Waals surface area contributed by atoms with E-state index in [0.717, 1.165) is 13.0 Å². The van der Waals surface area contributed by atoms with E-state index in [9.17, 15) is 14.9 Å². The molecule has 0 radical (unpaired) electrons. The van der Waals surface area contributed by atoms with Crippen molar-refractivity contribution in [3.63, 3.8) is 0 Å². The molecule has 0 unspecified atom stereocenters. The Balaban J connectivity index is 2.24. The molecule has 6 nitrogen and oxygen atoms in total. The number of nitrogens with zero attached hydrogens (tertiary/aromatic N) is 1. The Bertz CT molecular complexity index is 431. The van der Waals surface area contributed by atoms with Crippen LogP contribution in [0.15, 0.2) is 24.3 Å². The minimum absolute atomic E-state index is 0.0425. The molecule has 0 aromatic heterocycles. The average molecular weight is 280 g/mol. The minimum atomic E-state index is -0.505. The van der Waals surface area contributed by atoms with E-state index in [1.807, 2.05) is 0 Å². The Morgan fingerprint density at radius 2 is 1.95 bits per heavy atom. The van der Waals surface area contributed by atoms with Crippen LogP contribution in [0.25, 0.3) is 0 Å². The predicted octanol–water partition coefficient (Wildman–Crippen LogP) is 2.53. The van der Waals surface area contributed by atoms with Crippen molar-refractivity contribution in [1.82, 2.24) is 5.32 Å². The van der Waals surface area contributed by atoms with Gasteiger partial charge in [0.2, 0.25) is 0 Å². The number of benzene rings is 1. The zero-order valence-electron chi connectivity index (χ0n) is 11.6. The van der Waals surface area contributed by atoms with Gasteiger partial charge in [0.1, 0.15) is 6.61 Å². The van der Waals surface area contributed by atoms with Crippen molar-refractivity contribution in [2.45, 2.75) is 26.2 Å². The number of hydrogen-bond acceptors (Lipinski definition) is 5. The first kappa shape index (κ1) is 16.1. The zero-order chi connectivity index (χ0) is 14.8. The van der Waals surface area contributed by atoms with Gasteiger partial charge in [0.05, 0.1) is 10.5 Å². The molecule has 110 valence electrons. The van der Waals surface area contributed by atoms with E-state index in [0.29, 0.717) is 18.7 Å². The van der Waals surface area contributed by atoms with Crippen LogP contribution in [0.3, 0.4) is 0 Å². The van der Waals surface area contributed by atoms with Gasteiger partial charge in [0, 0.05) is 18.7 Å². The first-order chi connectivity index (χ1) is 9.65. The third-order valence-corrected chi connectivity index (χ3v) is 2.78. The Hall–Kier alpha value is -1.95. The maximum atomic E-state index is 11.6. The number of unbranched alkanes of at least 4 members (excludes halogenated alkanes) is 2. The van der Waals surface area contributed by atoms with Crippen LogP contribution in [0, 0.1) is 10.1 Å². The number of non-ortho nitro benzene ring substituents is 1. The van der Waals surface area contributed by atoms with Crippen LogP contribution in [0.4, 0.5) is 5.69 Å². The van der Waals surface area contributed by atoms with Crippen LogP contribution in [0.5, 0.6) is 0 Å². The number of ether oxygens (including phenoxy) is 1. The average Bonchev–Trinajstić information content (AvgIpc) is 2.46. The van der Waals surface area contributed by atoms with E-state index in [-0.39, 0.29) is 5.69 Å². The molecule has 0 aliphatic rings. The van der Waals surface area contributed by atoms with Gasteiger partial charge in [-0.3, -0.25) is 10.1 Å². The predicted molar refractivity (Wildman–Crippen MR) is 75.8 cm³/mol. The lowest BCUT2D eigenvalue weighted by Crippen LogP contribution is -2.22. The second-order valence-electron chi connectivity index (χ2n) is 4.40. The number of carbonyl (C=O) groups is 1. The van der Waals surface area contributed by atoms with Crippen LogP contribution >= 0.6 is 0 Å². The third-order valence-electron chi connectivity index (χ3n) is 2.78. The SMILES string of the molecule is CCCCCNCCOC(=O)c1ccc([N+](=O)[O-])cc1. The van der Waals surface area contributed by atoms with Crippen molar-refractivity contribution in [2.75, 3.05) is 19.7 Å². The van der Waals surface area contributed by atoms with Gasteiger partial charge in [-0.15, -0.1) is 0 Å². The van der Waals surface area contributed by atoms with E-state index in [4.69, 9.17) is 4.74 Å². The van der Waals surface area contributed by atoms with Crippen LogP contribution in [-0.2, 0) is 4.74 Å². The van der Waals surface area contributed by atoms with E-state index in [1.165, 1.54) is 37.1 Å². The molecule has 1 N–H and O–H groups in total. The van der Waals surface area contributed by atoms with E-state index in [2.05, 4.69) is 12.2 Å². The first-order valence-corrected chi connectivity index (χ1v) is 6.77. The topological polar surface area (TPSA) is 81.5 Å². The van der Waals surface area contributed by atoms with Crippen molar-refractivity contribution < 1.29 is 14.5 Å². The molecule has 0 spiro atoms. The van der Waals surface area contributed by atoms with Gasteiger partial charge in [0.25, 0.3) is 5.69 Å². The summed E-state index contributed by atoms with van der Waals surface area (Å²) in [6.07, 6.45) is 3.49. The van der Waals surface area contributed by atoms with Crippen LogP contribution in [-0.4, -0.2) is 30.6 Å². The summed E-state index contributed by atoms with van der Waals surface area (Å²) in [7, 11) is 0. The molecule has 1 aromatic rings. The number of esters is 1. The highest BCUT2D eigenvalue weighted by atomic mass is 16.6. The smallest absolute Gasteiger partial charge is 0.338 e. The summed E-state index contributed by atoms with van der Waals surface area (Å²) in [5, 5.41) is 13.7. The molecule has 0 fully saturated rings. The second kappa shape index (κ2) is 9.03. The van der Waals surface area contributed by atoms with Gasteiger partial charge < -0.3 is 10.1 Å². The van der Waals surface area contributed by atoms with Crippen molar-refractivity contribution in [1.29, 1.82) is 0 Å². The van der Waals surface area contributed by atoms with Crippen molar-refractivity contribution in [2.24, 2.45) is 0 Å². The number of nitro benzene ring substituents is 1. The number of rotatable bonds is 9. The second-order valence-corrected chi connectivity index (χ2v) is 4.40. The van der Waals surface area contributed by atoms with Gasteiger partial charge in [0.15, 0.2) is 0 Å². The van der Waals surface area contributed by atoms with E-state index < -0.39 is 10.9 Å². The molecule has 0 aliphatic heterocycles. The fourth-order valence-corrected chi connectivity index (χ4v) is 1.64. The number of hydrogen-bond donors (Lipinski definition) is 1. The lowest BCUT2D eigenvalue weighted by Gasteiger charge is -2.06. The fraction of sp³-hybridized carbons (Fsp3) is 0.500. The highest BCUT2D eigenvalue weighted by Crippen LogP contribution is 2.12. The maximum Gasteiger partial charge on any atom is 0.338 e. The maximum absolute atomic E-state index is 11.6. The van der Waals surface area contributed by atoms with Crippen LogP contribution < -0.4 is 5.32 Å². The molecule has 1 rings (SSSR count). The molecule has 0 heterocycles. The molecule has 0 atom stereocenters. The summed E-state index contributed by atoms with van der Waals surface area (Å²) in [6.45, 7) is 3.97. The van der Waals surface area contributed by atoms with Crippen molar-refractivity contribution in [3.05, 3.63) is 39.9 Å².